The fraction of sp³-hybridized carbons (Fsp3) is 0. The van der Waals surface area contributed by atoms with Crippen molar-refractivity contribution >= 4 is 21.6 Å². The second-order valence-electron chi connectivity index (χ2n) is 3.52. The molecule has 0 unspecified atom stereocenters. The number of aromatic hydroxyl groups is 1. The molecule has 0 spiro atoms. The maximum Gasteiger partial charge on any atom is 0.232 e. The van der Waals surface area contributed by atoms with Crippen molar-refractivity contribution in [2.45, 2.75) is 0 Å². The van der Waals surface area contributed by atoms with Gasteiger partial charge in [-0.05, 0) is 23.6 Å². The number of benzene rings is 1. The maximum absolute atomic E-state index is 13.1. The Morgan fingerprint density at radius 3 is 2.88 bits per heavy atom. The first kappa shape index (κ1) is 10.2. The molecule has 2 aromatic heterocycles. The molecule has 1 N–H and O–H groups in total. The molecule has 84 valence electrons. The highest BCUT2D eigenvalue weighted by atomic mass is 32.1. The molecule has 0 radical (unpaired) electrons. The molecule has 2 heterocycles. The van der Waals surface area contributed by atoms with Crippen molar-refractivity contribution in [3.8, 4) is 17.3 Å². The molecule has 0 aliphatic heterocycles. The van der Waals surface area contributed by atoms with E-state index in [-0.39, 0.29) is 11.7 Å². The summed E-state index contributed by atoms with van der Waals surface area (Å²) in [5.41, 5.74) is 1.22. The Morgan fingerprint density at radius 2 is 2.06 bits per heavy atom. The van der Waals surface area contributed by atoms with Crippen LogP contribution in [0.2, 0.25) is 0 Å². The number of nitrogens with zero attached hydrogens (tertiary/aromatic N) is 2. The number of rotatable bonds is 1. The lowest BCUT2D eigenvalue weighted by Gasteiger charge is -2.01. The largest absolute Gasteiger partial charge is 0.492 e. The predicted molar refractivity (Wildman–Crippen MR) is 64.5 cm³/mol. The van der Waals surface area contributed by atoms with Crippen LogP contribution < -0.4 is 0 Å². The Morgan fingerprint density at radius 1 is 1.18 bits per heavy atom. The summed E-state index contributed by atoms with van der Waals surface area (Å²) in [5, 5.41) is 11.6. The van der Waals surface area contributed by atoms with E-state index < -0.39 is 0 Å². The monoisotopic (exact) mass is 246 g/mol. The minimum Gasteiger partial charge on any atom is -0.492 e. The SMILES string of the molecule is Oc1nc(-c2cccc(F)c2)nc2ccsc12. The van der Waals surface area contributed by atoms with Crippen molar-refractivity contribution in [3.05, 3.63) is 41.5 Å². The second kappa shape index (κ2) is 3.78. The van der Waals surface area contributed by atoms with Crippen LogP contribution in [0.25, 0.3) is 21.6 Å². The molecule has 0 bridgehead atoms. The van der Waals surface area contributed by atoms with E-state index >= 15 is 0 Å². The van der Waals surface area contributed by atoms with E-state index in [0.29, 0.717) is 21.6 Å². The molecule has 0 saturated carbocycles. The zero-order valence-corrected chi connectivity index (χ0v) is 9.41. The average Bonchev–Trinajstić information content (AvgIpc) is 2.77. The van der Waals surface area contributed by atoms with E-state index in [2.05, 4.69) is 9.97 Å². The zero-order valence-electron chi connectivity index (χ0n) is 8.59. The van der Waals surface area contributed by atoms with Crippen LogP contribution in [-0.2, 0) is 0 Å². The van der Waals surface area contributed by atoms with E-state index in [0.717, 1.165) is 0 Å². The van der Waals surface area contributed by atoms with Crippen molar-refractivity contribution in [2.24, 2.45) is 0 Å². The Hall–Kier alpha value is -2.01. The number of hydrogen-bond acceptors (Lipinski definition) is 4. The fourth-order valence-electron chi connectivity index (χ4n) is 1.60. The zero-order chi connectivity index (χ0) is 11.8. The first-order valence-electron chi connectivity index (χ1n) is 4.94. The molecule has 0 atom stereocenters. The van der Waals surface area contributed by atoms with Crippen molar-refractivity contribution < 1.29 is 9.50 Å². The molecule has 3 aromatic rings. The third kappa shape index (κ3) is 1.74. The van der Waals surface area contributed by atoms with Gasteiger partial charge in [0.05, 0.1) is 5.52 Å². The first-order chi connectivity index (χ1) is 8.24. The van der Waals surface area contributed by atoms with Crippen LogP contribution in [0.3, 0.4) is 0 Å². The summed E-state index contributed by atoms with van der Waals surface area (Å²) in [6.45, 7) is 0. The topological polar surface area (TPSA) is 46.0 Å². The van der Waals surface area contributed by atoms with Gasteiger partial charge < -0.3 is 5.11 Å². The van der Waals surface area contributed by atoms with Crippen LogP contribution in [-0.4, -0.2) is 15.1 Å². The Labute approximate surface area is 100 Å². The number of aromatic nitrogens is 2. The van der Waals surface area contributed by atoms with E-state index in [9.17, 15) is 9.50 Å². The summed E-state index contributed by atoms with van der Waals surface area (Å²) in [7, 11) is 0. The molecule has 1 aromatic carbocycles. The molecular weight excluding hydrogens is 239 g/mol. The minimum absolute atomic E-state index is 0.0655. The molecule has 0 amide bonds. The molecule has 0 saturated heterocycles. The van der Waals surface area contributed by atoms with Crippen LogP contribution >= 0.6 is 11.3 Å². The molecule has 3 nitrogen and oxygen atoms in total. The standard InChI is InChI=1S/C12H7FN2OS/c13-8-3-1-2-7(6-8)11-14-9-4-5-17-10(9)12(16)15-11/h1-6H,(H,14,15,16). The third-order valence-corrected chi connectivity index (χ3v) is 3.27. The van der Waals surface area contributed by atoms with E-state index in [1.54, 1.807) is 18.2 Å². The molecule has 3 rings (SSSR count). The van der Waals surface area contributed by atoms with Gasteiger partial charge in [-0.3, -0.25) is 0 Å². The number of fused-ring (bicyclic) bond motifs is 1. The van der Waals surface area contributed by atoms with E-state index in [1.165, 1.54) is 23.5 Å². The molecule has 0 aliphatic rings. The first-order valence-corrected chi connectivity index (χ1v) is 5.82. The third-order valence-electron chi connectivity index (χ3n) is 2.37. The molecular formula is C12H7FN2OS. The van der Waals surface area contributed by atoms with Gasteiger partial charge in [0.2, 0.25) is 5.88 Å². The number of hydrogen-bond donors (Lipinski definition) is 1. The van der Waals surface area contributed by atoms with Crippen LogP contribution in [0.5, 0.6) is 5.88 Å². The van der Waals surface area contributed by atoms with Crippen LogP contribution in [0.15, 0.2) is 35.7 Å². The van der Waals surface area contributed by atoms with Crippen molar-refractivity contribution in [1.82, 2.24) is 9.97 Å². The number of thiophene rings is 1. The van der Waals surface area contributed by atoms with Gasteiger partial charge in [0.15, 0.2) is 5.82 Å². The number of halogens is 1. The van der Waals surface area contributed by atoms with E-state index in [4.69, 9.17) is 0 Å². The van der Waals surface area contributed by atoms with Gasteiger partial charge in [0.25, 0.3) is 0 Å². The summed E-state index contributed by atoms with van der Waals surface area (Å²) >= 11 is 1.37. The highest BCUT2D eigenvalue weighted by Gasteiger charge is 2.09. The molecule has 5 heteroatoms. The lowest BCUT2D eigenvalue weighted by atomic mass is 10.2. The quantitative estimate of drug-likeness (QED) is 0.717. The van der Waals surface area contributed by atoms with Gasteiger partial charge in [0.1, 0.15) is 10.5 Å². The lowest BCUT2D eigenvalue weighted by molar-refractivity contribution is 0.461. The van der Waals surface area contributed by atoms with Crippen molar-refractivity contribution in [1.29, 1.82) is 0 Å². The normalized spacial score (nSPS) is 10.9. The Balaban J connectivity index is 2.23. The second-order valence-corrected chi connectivity index (χ2v) is 4.43. The molecule has 0 fully saturated rings. The van der Waals surface area contributed by atoms with Gasteiger partial charge in [-0.25, -0.2) is 9.37 Å². The highest BCUT2D eigenvalue weighted by Crippen LogP contribution is 2.29. The predicted octanol–water partition coefficient (Wildman–Crippen LogP) is 3.20. The molecule has 17 heavy (non-hydrogen) atoms. The fourth-order valence-corrected chi connectivity index (χ4v) is 2.32. The van der Waals surface area contributed by atoms with Crippen LogP contribution in [0.1, 0.15) is 0 Å². The Kier molecular flexibility index (Phi) is 2.26. The molecule has 0 aliphatic carbocycles. The summed E-state index contributed by atoms with van der Waals surface area (Å²) in [5.74, 6) is -0.0897. The van der Waals surface area contributed by atoms with Gasteiger partial charge in [-0.15, -0.1) is 11.3 Å². The van der Waals surface area contributed by atoms with Crippen molar-refractivity contribution in [3.63, 3.8) is 0 Å². The highest BCUT2D eigenvalue weighted by molar-refractivity contribution is 7.17. The van der Waals surface area contributed by atoms with Gasteiger partial charge >= 0.3 is 0 Å². The van der Waals surface area contributed by atoms with E-state index in [1.807, 2.05) is 5.38 Å². The summed E-state index contributed by atoms with van der Waals surface area (Å²) < 4.78 is 13.7. The summed E-state index contributed by atoms with van der Waals surface area (Å²) in [6.07, 6.45) is 0. The van der Waals surface area contributed by atoms with Crippen molar-refractivity contribution in [2.75, 3.05) is 0 Å². The van der Waals surface area contributed by atoms with Gasteiger partial charge in [-0.2, -0.15) is 4.98 Å². The van der Waals surface area contributed by atoms with Crippen LogP contribution in [0.4, 0.5) is 4.39 Å². The maximum atomic E-state index is 13.1. The smallest absolute Gasteiger partial charge is 0.232 e. The van der Waals surface area contributed by atoms with Gasteiger partial charge in [0, 0.05) is 5.56 Å². The van der Waals surface area contributed by atoms with Gasteiger partial charge in [-0.1, -0.05) is 12.1 Å². The van der Waals surface area contributed by atoms with Crippen LogP contribution in [0, 0.1) is 5.82 Å². The lowest BCUT2D eigenvalue weighted by Crippen LogP contribution is -1.89. The summed E-state index contributed by atoms with van der Waals surface area (Å²) in [4.78, 5) is 8.25. The minimum atomic E-state index is -0.351. The average molecular weight is 246 g/mol. The Bertz CT molecular complexity index is 696. The summed E-state index contributed by atoms with van der Waals surface area (Å²) in [6, 6.07) is 7.78.